The lowest BCUT2D eigenvalue weighted by molar-refractivity contribution is 0.616. The molecule has 1 aromatic carbocycles. The summed E-state index contributed by atoms with van der Waals surface area (Å²) < 4.78 is 3.84. The highest BCUT2D eigenvalue weighted by Gasteiger charge is 2.16. The van der Waals surface area contributed by atoms with Crippen LogP contribution in [0.1, 0.15) is 22.9 Å². The van der Waals surface area contributed by atoms with E-state index < -0.39 is 0 Å². The molecule has 1 aromatic heterocycles. The van der Waals surface area contributed by atoms with Crippen LogP contribution in [0.2, 0.25) is 0 Å². The largest absolute Gasteiger partial charge is 0.271 e. The van der Waals surface area contributed by atoms with Crippen LogP contribution in [-0.4, -0.2) is 9.59 Å². The van der Waals surface area contributed by atoms with Gasteiger partial charge in [-0.3, -0.25) is 5.84 Å². The zero-order valence-corrected chi connectivity index (χ0v) is 9.16. The van der Waals surface area contributed by atoms with Crippen molar-refractivity contribution < 1.29 is 0 Å². The van der Waals surface area contributed by atoms with Crippen LogP contribution in [0.3, 0.4) is 0 Å². The summed E-state index contributed by atoms with van der Waals surface area (Å²) in [5.41, 5.74) is 5.94. The Hall–Kier alpha value is -1.30. The Morgan fingerprint density at radius 3 is 2.80 bits per heavy atom. The SMILES string of the molecule is Cc1ccccc1C(NN)c1csnn1. The Bertz CT molecular complexity index is 427. The molecule has 1 heterocycles. The van der Waals surface area contributed by atoms with Crippen molar-refractivity contribution >= 4 is 11.5 Å². The second-order valence-corrected chi connectivity index (χ2v) is 3.90. The van der Waals surface area contributed by atoms with Crippen molar-refractivity contribution in [2.24, 2.45) is 5.84 Å². The van der Waals surface area contributed by atoms with Crippen LogP contribution in [0.4, 0.5) is 0 Å². The lowest BCUT2D eigenvalue weighted by Crippen LogP contribution is -2.29. The van der Waals surface area contributed by atoms with Crippen LogP contribution in [0, 0.1) is 6.92 Å². The van der Waals surface area contributed by atoms with Crippen LogP contribution in [-0.2, 0) is 0 Å². The van der Waals surface area contributed by atoms with E-state index in [4.69, 9.17) is 5.84 Å². The minimum absolute atomic E-state index is 0.0788. The number of rotatable bonds is 3. The Kier molecular flexibility index (Phi) is 3.05. The minimum Gasteiger partial charge on any atom is -0.271 e. The molecule has 0 saturated heterocycles. The van der Waals surface area contributed by atoms with Gasteiger partial charge in [-0.15, -0.1) is 5.10 Å². The number of hydrogen-bond donors (Lipinski definition) is 2. The highest BCUT2D eigenvalue weighted by Crippen LogP contribution is 2.22. The fraction of sp³-hybridized carbons (Fsp3) is 0.200. The third kappa shape index (κ3) is 2.04. The zero-order chi connectivity index (χ0) is 10.7. The number of nitrogens with zero attached hydrogens (tertiary/aromatic N) is 2. The summed E-state index contributed by atoms with van der Waals surface area (Å²) in [6.07, 6.45) is 0. The summed E-state index contributed by atoms with van der Waals surface area (Å²) in [5.74, 6) is 5.55. The maximum absolute atomic E-state index is 5.55. The molecule has 0 aliphatic rings. The number of nitrogens with one attached hydrogen (secondary N) is 1. The monoisotopic (exact) mass is 220 g/mol. The molecule has 0 saturated carbocycles. The maximum atomic E-state index is 5.55. The van der Waals surface area contributed by atoms with Gasteiger partial charge in [0.25, 0.3) is 0 Å². The molecule has 3 N–H and O–H groups in total. The minimum atomic E-state index is -0.0788. The summed E-state index contributed by atoms with van der Waals surface area (Å²) in [5, 5.41) is 5.93. The first-order chi connectivity index (χ1) is 7.33. The van der Waals surface area contributed by atoms with Crippen molar-refractivity contribution in [3.8, 4) is 0 Å². The summed E-state index contributed by atoms with van der Waals surface area (Å²) in [7, 11) is 0. The highest BCUT2D eigenvalue weighted by molar-refractivity contribution is 7.03. The molecule has 4 nitrogen and oxygen atoms in total. The molecule has 5 heteroatoms. The van der Waals surface area contributed by atoms with Gasteiger partial charge in [0.15, 0.2) is 0 Å². The topological polar surface area (TPSA) is 63.8 Å². The molecule has 0 fully saturated rings. The van der Waals surface area contributed by atoms with Crippen LogP contribution >= 0.6 is 11.5 Å². The Labute approximate surface area is 92.3 Å². The van der Waals surface area contributed by atoms with Crippen molar-refractivity contribution in [1.82, 2.24) is 15.0 Å². The molecular formula is C10H12N4S. The third-order valence-electron chi connectivity index (χ3n) is 2.34. The summed E-state index contributed by atoms with van der Waals surface area (Å²) in [6.45, 7) is 2.06. The number of hydrogen-bond acceptors (Lipinski definition) is 5. The first-order valence-corrected chi connectivity index (χ1v) is 5.45. The first kappa shape index (κ1) is 10.2. The molecule has 78 valence electrons. The molecule has 1 unspecified atom stereocenters. The van der Waals surface area contributed by atoms with Crippen molar-refractivity contribution in [2.45, 2.75) is 13.0 Å². The average Bonchev–Trinajstić information content (AvgIpc) is 2.75. The van der Waals surface area contributed by atoms with E-state index in [2.05, 4.69) is 28.0 Å². The predicted molar refractivity (Wildman–Crippen MR) is 60.3 cm³/mol. The number of nitrogens with two attached hydrogens (primary N) is 1. The van der Waals surface area contributed by atoms with Crippen molar-refractivity contribution in [1.29, 1.82) is 0 Å². The molecular weight excluding hydrogens is 208 g/mol. The van der Waals surface area contributed by atoms with Crippen LogP contribution in [0.15, 0.2) is 29.6 Å². The van der Waals surface area contributed by atoms with E-state index in [0.29, 0.717) is 0 Å². The average molecular weight is 220 g/mol. The molecule has 0 aliphatic carbocycles. The Morgan fingerprint density at radius 1 is 1.40 bits per heavy atom. The van der Waals surface area contributed by atoms with Crippen LogP contribution < -0.4 is 11.3 Å². The quantitative estimate of drug-likeness (QED) is 0.606. The highest BCUT2D eigenvalue weighted by atomic mass is 32.1. The van der Waals surface area contributed by atoms with E-state index in [1.54, 1.807) is 0 Å². The zero-order valence-electron chi connectivity index (χ0n) is 8.34. The number of hydrazine groups is 1. The fourth-order valence-electron chi connectivity index (χ4n) is 1.54. The van der Waals surface area contributed by atoms with E-state index in [1.165, 1.54) is 17.1 Å². The van der Waals surface area contributed by atoms with Crippen LogP contribution in [0.5, 0.6) is 0 Å². The second kappa shape index (κ2) is 4.48. The number of aromatic nitrogens is 2. The third-order valence-corrected chi connectivity index (χ3v) is 2.86. The van der Waals surface area contributed by atoms with Gasteiger partial charge >= 0.3 is 0 Å². The lowest BCUT2D eigenvalue weighted by atomic mass is 10.0. The smallest absolute Gasteiger partial charge is 0.0983 e. The van der Waals surface area contributed by atoms with Gasteiger partial charge in [0.2, 0.25) is 0 Å². The van der Waals surface area contributed by atoms with Gasteiger partial charge in [-0.25, -0.2) is 5.43 Å². The van der Waals surface area contributed by atoms with Crippen molar-refractivity contribution in [2.75, 3.05) is 0 Å². The van der Waals surface area contributed by atoms with E-state index in [-0.39, 0.29) is 6.04 Å². The summed E-state index contributed by atoms with van der Waals surface area (Å²) >= 11 is 1.33. The molecule has 0 spiro atoms. The van der Waals surface area contributed by atoms with Crippen molar-refractivity contribution in [3.05, 3.63) is 46.5 Å². The normalized spacial score (nSPS) is 12.7. The molecule has 2 rings (SSSR count). The first-order valence-electron chi connectivity index (χ1n) is 4.61. The fourth-order valence-corrected chi connectivity index (χ4v) is 2.02. The molecule has 0 bridgehead atoms. The molecule has 0 amide bonds. The Balaban J connectivity index is 2.40. The van der Waals surface area contributed by atoms with Gasteiger partial charge in [-0.2, -0.15) is 0 Å². The van der Waals surface area contributed by atoms with E-state index in [0.717, 1.165) is 11.3 Å². The van der Waals surface area contributed by atoms with Gasteiger partial charge in [0.1, 0.15) is 0 Å². The summed E-state index contributed by atoms with van der Waals surface area (Å²) in [6, 6.07) is 8.02. The van der Waals surface area contributed by atoms with E-state index >= 15 is 0 Å². The van der Waals surface area contributed by atoms with E-state index in [9.17, 15) is 0 Å². The van der Waals surface area contributed by atoms with Gasteiger partial charge in [0.05, 0.1) is 11.7 Å². The van der Waals surface area contributed by atoms with Crippen LogP contribution in [0.25, 0.3) is 0 Å². The van der Waals surface area contributed by atoms with Gasteiger partial charge in [-0.1, -0.05) is 28.8 Å². The van der Waals surface area contributed by atoms with Gasteiger partial charge < -0.3 is 0 Å². The van der Waals surface area contributed by atoms with E-state index in [1.807, 2.05) is 23.6 Å². The standard InChI is InChI=1S/C10H12N4S/c1-7-4-2-3-5-8(7)10(12-11)9-6-15-14-13-9/h2-6,10,12H,11H2,1H3. The molecule has 1 atom stereocenters. The number of benzene rings is 1. The molecule has 0 aliphatic heterocycles. The van der Waals surface area contributed by atoms with Gasteiger partial charge in [-0.05, 0) is 29.6 Å². The maximum Gasteiger partial charge on any atom is 0.0983 e. The molecule has 15 heavy (non-hydrogen) atoms. The van der Waals surface area contributed by atoms with Gasteiger partial charge in [0, 0.05) is 5.38 Å². The Morgan fingerprint density at radius 2 is 2.20 bits per heavy atom. The van der Waals surface area contributed by atoms with Crippen molar-refractivity contribution in [3.63, 3.8) is 0 Å². The number of aryl methyl sites for hydroxylation is 1. The summed E-state index contributed by atoms with van der Waals surface area (Å²) in [4.78, 5) is 0. The lowest BCUT2D eigenvalue weighted by Gasteiger charge is -2.15. The molecule has 0 radical (unpaired) electrons. The second-order valence-electron chi connectivity index (χ2n) is 3.29. The predicted octanol–water partition coefficient (Wildman–Crippen LogP) is 1.40. The molecule has 2 aromatic rings.